The third-order valence-corrected chi connectivity index (χ3v) is 7.71. The van der Waals surface area contributed by atoms with Gasteiger partial charge in [-0.2, -0.15) is 5.10 Å². The van der Waals surface area contributed by atoms with E-state index in [4.69, 9.17) is 0 Å². The van der Waals surface area contributed by atoms with Gasteiger partial charge in [0.15, 0.2) is 5.82 Å². The lowest BCUT2D eigenvalue weighted by Crippen LogP contribution is -2.44. The summed E-state index contributed by atoms with van der Waals surface area (Å²) in [6.07, 6.45) is 0. The number of para-hydroxylation sites is 1. The van der Waals surface area contributed by atoms with Gasteiger partial charge < -0.3 is 15.1 Å². The zero-order valence-electron chi connectivity index (χ0n) is 21.2. The van der Waals surface area contributed by atoms with E-state index in [1.54, 1.807) is 6.07 Å². The summed E-state index contributed by atoms with van der Waals surface area (Å²) in [6, 6.07) is 17.3. The Balaban J connectivity index is 1.26. The van der Waals surface area contributed by atoms with E-state index < -0.39 is 0 Å². The van der Waals surface area contributed by atoms with Crippen molar-refractivity contribution in [3.8, 4) is 0 Å². The molecule has 1 aliphatic rings. The van der Waals surface area contributed by atoms with Crippen molar-refractivity contribution in [2.24, 2.45) is 0 Å². The van der Waals surface area contributed by atoms with E-state index >= 15 is 0 Å². The molecular weight excluding hydrogens is 486 g/mol. The molecule has 0 saturated carbocycles. The fourth-order valence-corrected chi connectivity index (χ4v) is 5.34. The van der Waals surface area contributed by atoms with Crippen molar-refractivity contribution in [3.05, 3.63) is 70.6 Å². The maximum absolute atomic E-state index is 13.0. The lowest BCUT2D eigenvalue weighted by Gasteiger charge is -2.34. The normalized spacial score (nSPS) is 14.1. The first-order valence-corrected chi connectivity index (χ1v) is 13.2. The lowest BCUT2D eigenvalue weighted by atomic mass is 10.1. The van der Waals surface area contributed by atoms with Crippen LogP contribution in [0.5, 0.6) is 0 Å². The summed E-state index contributed by atoms with van der Waals surface area (Å²) in [4.78, 5) is 31.9. The number of amides is 2. The minimum Gasteiger partial charge on any atom is -0.369 e. The minimum atomic E-state index is -0.243. The molecule has 0 atom stereocenters. The molecule has 2 aromatic carbocycles. The third kappa shape index (κ3) is 5.30. The van der Waals surface area contributed by atoms with Gasteiger partial charge in [0.2, 0.25) is 0 Å². The molecule has 0 unspecified atom stereocenters. The predicted molar refractivity (Wildman–Crippen MR) is 150 cm³/mol. The van der Waals surface area contributed by atoms with Crippen LogP contribution in [0, 0.1) is 6.92 Å². The number of fused-ring (bicyclic) bond motifs is 1. The molecule has 2 amide bonds. The van der Waals surface area contributed by atoms with Crippen molar-refractivity contribution in [1.29, 1.82) is 0 Å². The van der Waals surface area contributed by atoms with Crippen LogP contribution in [-0.4, -0.2) is 66.7 Å². The smallest absolute Gasteiger partial charge is 0.279 e. The van der Waals surface area contributed by atoms with Gasteiger partial charge in [0.1, 0.15) is 4.83 Å². The Kier molecular flexibility index (Phi) is 7.11. The highest BCUT2D eigenvalue weighted by molar-refractivity contribution is 7.20. The van der Waals surface area contributed by atoms with Crippen LogP contribution in [-0.2, 0) is 0 Å². The van der Waals surface area contributed by atoms with Crippen molar-refractivity contribution in [2.45, 2.75) is 13.8 Å². The maximum Gasteiger partial charge on any atom is 0.279 e. The summed E-state index contributed by atoms with van der Waals surface area (Å²) in [7, 11) is 2.13. The first-order valence-electron chi connectivity index (χ1n) is 12.4. The number of likely N-dealkylation sites (N-methyl/N-ethyl adjacent to an activating group) is 1. The molecule has 37 heavy (non-hydrogen) atoms. The van der Waals surface area contributed by atoms with Crippen LogP contribution in [0.15, 0.2) is 54.6 Å². The number of nitrogens with one attached hydrogen (secondary N) is 3. The molecule has 4 aromatic rings. The van der Waals surface area contributed by atoms with Gasteiger partial charge in [0.05, 0.1) is 16.0 Å². The molecule has 3 N–H and O–H groups in total. The number of nitrogens with zero attached hydrogens (tertiary/aromatic N) is 4. The number of rotatable bonds is 7. The molecule has 2 aromatic heterocycles. The second kappa shape index (κ2) is 10.6. The van der Waals surface area contributed by atoms with Crippen molar-refractivity contribution in [1.82, 2.24) is 20.5 Å². The summed E-state index contributed by atoms with van der Waals surface area (Å²) in [5.74, 6) is -0.0478. The number of hydrazine groups is 1. The number of carbonyl (C=O) groups excluding carboxylic acids is 2. The van der Waals surface area contributed by atoms with E-state index in [2.05, 4.69) is 37.8 Å². The Morgan fingerprint density at radius 3 is 2.49 bits per heavy atom. The number of carbonyl (C=O) groups is 2. The highest BCUT2D eigenvalue weighted by Crippen LogP contribution is 2.30. The number of aryl methyl sites for hydroxylation is 1. The molecule has 10 heteroatoms. The van der Waals surface area contributed by atoms with Crippen molar-refractivity contribution < 1.29 is 9.59 Å². The Bertz CT molecular complexity index is 1400. The van der Waals surface area contributed by atoms with Crippen LogP contribution < -0.4 is 20.7 Å². The SMILES string of the molecule is CCN(NC(=O)c1cc2c(NC(=O)c3ccc(N4CCN(C)CC4)cc3)n[nH]c2s1)c1ccccc1C. The van der Waals surface area contributed by atoms with E-state index in [1.165, 1.54) is 11.3 Å². The van der Waals surface area contributed by atoms with Crippen LogP contribution in [0.3, 0.4) is 0 Å². The van der Waals surface area contributed by atoms with Gasteiger partial charge in [0, 0.05) is 44.0 Å². The largest absolute Gasteiger partial charge is 0.369 e. The van der Waals surface area contributed by atoms with E-state index in [9.17, 15) is 9.59 Å². The average Bonchev–Trinajstić information content (AvgIpc) is 3.50. The van der Waals surface area contributed by atoms with E-state index in [0.717, 1.165) is 47.9 Å². The molecule has 5 rings (SSSR count). The van der Waals surface area contributed by atoms with Crippen LogP contribution in [0.25, 0.3) is 10.2 Å². The number of aromatic nitrogens is 2. The fraction of sp³-hybridized carbons (Fsp3) is 0.296. The average molecular weight is 518 g/mol. The summed E-state index contributed by atoms with van der Waals surface area (Å²) >= 11 is 1.30. The minimum absolute atomic E-state index is 0.212. The highest BCUT2D eigenvalue weighted by Gasteiger charge is 2.20. The molecule has 0 spiro atoms. The molecule has 0 bridgehead atoms. The van der Waals surface area contributed by atoms with Crippen molar-refractivity contribution in [2.75, 3.05) is 55.0 Å². The zero-order chi connectivity index (χ0) is 25.9. The summed E-state index contributed by atoms with van der Waals surface area (Å²) in [5, 5.41) is 12.6. The summed E-state index contributed by atoms with van der Waals surface area (Å²) in [5.41, 5.74) is 6.69. The standard InChI is InChI=1S/C27H31N7O2S/c1-4-34(22-8-6-5-7-18(22)2)31-26(36)23-17-21-24(29-30-27(21)37-23)28-25(35)19-9-11-20(12-10-19)33-15-13-32(3)14-16-33/h5-12,17H,4,13-16H2,1-3H3,(H,31,36)(H2,28,29,30,35). The van der Waals surface area contributed by atoms with Crippen LogP contribution in [0.2, 0.25) is 0 Å². The Morgan fingerprint density at radius 2 is 1.78 bits per heavy atom. The number of piperazine rings is 1. The molecule has 192 valence electrons. The number of hydrogen-bond acceptors (Lipinski definition) is 7. The van der Waals surface area contributed by atoms with Gasteiger partial charge in [0.25, 0.3) is 11.8 Å². The summed E-state index contributed by atoms with van der Waals surface area (Å²) in [6.45, 7) is 8.63. The number of anilines is 3. The molecule has 1 aliphatic heterocycles. The van der Waals surface area contributed by atoms with Crippen molar-refractivity contribution in [3.63, 3.8) is 0 Å². The third-order valence-electron chi connectivity index (χ3n) is 6.67. The number of thiophene rings is 1. The second-order valence-corrected chi connectivity index (χ2v) is 10.2. The molecule has 3 heterocycles. The van der Waals surface area contributed by atoms with Gasteiger partial charge in [-0.3, -0.25) is 25.1 Å². The predicted octanol–water partition coefficient (Wildman–Crippen LogP) is 4.11. The topological polar surface area (TPSA) is 96.6 Å². The quantitative estimate of drug-likeness (QED) is 0.319. The van der Waals surface area contributed by atoms with Gasteiger partial charge in [-0.15, -0.1) is 11.3 Å². The number of aromatic amines is 1. The Labute approximate surface area is 220 Å². The van der Waals surface area contributed by atoms with E-state index in [1.807, 2.05) is 67.4 Å². The van der Waals surface area contributed by atoms with Gasteiger partial charge >= 0.3 is 0 Å². The van der Waals surface area contributed by atoms with Crippen LogP contribution >= 0.6 is 11.3 Å². The van der Waals surface area contributed by atoms with Crippen LogP contribution in [0.1, 0.15) is 32.5 Å². The fourth-order valence-electron chi connectivity index (χ4n) is 4.45. The monoisotopic (exact) mass is 517 g/mol. The molecule has 1 fully saturated rings. The number of hydrogen-bond donors (Lipinski definition) is 3. The van der Waals surface area contributed by atoms with Gasteiger partial charge in [-0.25, -0.2) is 0 Å². The van der Waals surface area contributed by atoms with Crippen LogP contribution in [0.4, 0.5) is 17.2 Å². The molecule has 0 radical (unpaired) electrons. The zero-order valence-corrected chi connectivity index (χ0v) is 22.1. The number of H-pyrrole nitrogens is 1. The molecular formula is C27H31N7O2S. The highest BCUT2D eigenvalue weighted by atomic mass is 32.1. The Morgan fingerprint density at radius 1 is 1.05 bits per heavy atom. The van der Waals surface area contributed by atoms with E-state index in [-0.39, 0.29) is 11.8 Å². The molecule has 9 nitrogen and oxygen atoms in total. The maximum atomic E-state index is 13.0. The second-order valence-electron chi connectivity index (χ2n) is 9.19. The van der Waals surface area contributed by atoms with Gasteiger partial charge in [-0.05, 0) is 62.9 Å². The number of benzene rings is 2. The molecule has 0 aliphatic carbocycles. The molecule has 1 saturated heterocycles. The lowest BCUT2D eigenvalue weighted by molar-refractivity contribution is 0.0952. The van der Waals surface area contributed by atoms with Gasteiger partial charge in [-0.1, -0.05) is 18.2 Å². The first kappa shape index (κ1) is 24.8. The summed E-state index contributed by atoms with van der Waals surface area (Å²) < 4.78 is 0. The Hall–Kier alpha value is -3.89. The van der Waals surface area contributed by atoms with E-state index in [0.29, 0.717) is 28.2 Å². The first-order chi connectivity index (χ1) is 17.9. The van der Waals surface area contributed by atoms with Crippen molar-refractivity contribution >= 4 is 50.6 Å².